The summed E-state index contributed by atoms with van der Waals surface area (Å²) in [5.41, 5.74) is 5.40. The van der Waals surface area contributed by atoms with Crippen molar-refractivity contribution in [1.29, 1.82) is 0 Å². The molecule has 0 radical (unpaired) electrons. The Balaban J connectivity index is 3.09. The van der Waals surface area contributed by atoms with Crippen LogP contribution in [0.3, 0.4) is 0 Å². The summed E-state index contributed by atoms with van der Waals surface area (Å²) in [4.78, 5) is 11.3. The highest BCUT2D eigenvalue weighted by Gasteiger charge is 2.56. The first-order chi connectivity index (χ1) is 8.53. The molecule has 1 aliphatic heterocycles. The van der Waals surface area contributed by atoms with Crippen molar-refractivity contribution in [3.8, 4) is 0 Å². The van der Waals surface area contributed by atoms with Crippen LogP contribution in [0.4, 0.5) is 0 Å². The Hall–Kier alpha value is -0.660. The van der Waals surface area contributed by atoms with Crippen molar-refractivity contribution < 1.29 is 42.0 Å². The van der Waals surface area contributed by atoms with Crippen LogP contribution in [0.1, 0.15) is 6.92 Å². The van der Waals surface area contributed by atoms with E-state index in [0.717, 1.165) is 6.92 Å². The molecular formula is C8H15NO9S. The summed E-state index contributed by atoms with van der Waals surface area (Å²) in [7, 11) is -4.95. The monoisotopic (exact) mass is 301 g/mol. The molecule has 11 heteroatoms. The first-order valence-corrected chi connectivity index (χ1v) is 6.51. The Morgan fingerprint density at radius 2 is 2.05 bits per heavy atom. The topological polar surface area (TPSA) is 177 Å². The van der Waals surface area contributed by atoms with Crippen molar-refractivity contribution in [2.24, 2.45) is 5.73 Å². The zero-order valence-electron chi connectivity index (χ0n) is 9.83. The van der Waals surface area contributed by atoms with Crippen molar-refractivity contribution in [3.63, 3.8) is 0 Å². The number of carbonyl (C=O) groups is 1. The average molecular weight is 301 g/mol. The number of hydrogen-bond donors (Lipinski definition) is 5. The van der Waals surface area contributed by atoms with Gasteiger partial charge < -0.3 is 25.8 Å². The van der Waals surface area contributed by atoms with Crippen LogP contribution in [-0.4, -0.2) is 70.8 Å². The minimum absolute atomic E-state index is 0.889. The summed E-state index contributed by atoms with van der Waals surface area (Å²) in [6.07, 6.45) is -5.22. The van der Waals surface area contributed by atoms with Crippen LogP contribution in [-0.2, 0) is 24.1 Å². The van der Waals surface area contributed by atoms with E-state index in [1.165, 1.54) is 0 Å². The van der Waals surface area contributed by atoms with Gasteiger partial charge in [0.2, 0.25) is 5.79 Å². The van der Waals surface area contributed by atoms with Crippen LogP contribution >= 0.6 is 0 Å². The van der Waals surface area contributed by atoms with E-state index in [1.807, 2.05) is 0 Å². The lowest BCUT2D eigenvalue weighted by atomic mass is 9.89. The highest BCUT2D eigenvalue weighted by atomic mass is 32.3. The Kier molecular flexibility index (Phi) is 4.64. The summed E-state index contributed by atoms with van der Waals surface area (Å²) < 4.78 is 38.7. The summed E-state index contributed by atoms with van der Waals surface area (Å²) in [5.74, 6) is -3.53. The second-order valence-corrected chi connectivity index (χ2v) is 5.14. The summed E-state index contributed by atoms with van der Waals surface area (Å²) >= 11 is 0. The number of ketones is 1. The van der Waals surface area contributed by atoms with E-state index >= 15 is 0 Å². The standard InChI is InChI=1S/C8H15NO9S/c1-3(11)8(13)7(9)5(12)6(4(2-10)17-8)18-19(14,15)16/h4-7,10,12-13H,2,9H2,1H3,(H,14,15,16)/t4-,5+,6+,7-,8-/m1/s1. The molecule has 6 N–H and O–H groups in total. The third kappa shape index (κ3) is 3.27. The van der Waals surface area contributed by atoms with E-state index in [2.05, 4.69) is 4.18 Å². The fourth-order valence-corrected chi connectivity index (χ4v) is 2.27. The number of aliphatic hydroxyl groups excluding tert-OH is 2. The van der Waals surface area contributed by atoms with Gasteiger partial charge in [0.1, 0.15) is 18.3 Å². The smallest absolute Gasteiger partial charge is 0.394 e. The van der Waals surface area contributed by atoms with Gasteiger partial charge >= 0.3 is 10.4 Å². The van der Waals surface area contributed by atoms with Gasteiger partial charge in [-0.2, -0.15) is 8.42 Å². The summed E-state index contributed by atoms with van der Waals surface area (Å²) in [6, 6.07) is -1.72. The molecule has 1 fully saturated rings. The van der Waals surface area contributed by atoms with Crippen molar-refractivity contribution in [1.82, 2.24) is 0 Å². The maximum Gasteiger partial charge on any atom is 0.397 e. The fourth-order valence-electron chi connectivity index (χ4n) is 1.75. The number of carbonyl (C=O) groups excluding carboxylic acids is 1. The van der Waals surface area contributed by atoms with E-state index in [9.17, 15) is 23.4 Å². The number of ether oxygens (including phenoxy) is 1. The van der Waals surface area contributed by atoms with Crippen molar-refractivity contribution in [2.75, 3.05) is 6.61 Å². The second-order valence-electron chi connectivity index (χ2n) is 4.10. The molecule has 19 heavy (non-hydrogen) atoms. The maximum absolute atomic E-state index is 11.3. The quantitative estimate of drug-likeness (QED) is 0.328. The van der Waals surface area contributed by atoms with Gasteiger partial charge in [-0.1, -0.05) is 0 Å². The molecule has 0 aromatic rings. The third-order valence-electron chi connectivity index (χ3n) is 2.77. The Morgan fingerprint density at radius 3 is 2.42 bits per heavy atom. The van der Waals surface area contributed by atoms with E-state index in [-0.39, 0.29) is 0 Å². The van der Waals surface area contributed by atoms with Crippen molar-refractivity contribution >= 4 is 16.2 Å². The molecule has 1 rings (SSSR count). The highest BCUT2D eigenvalue weighted by Crippen LogP contribution is 2.29. The number of rotatable bonds is 4. The maximum atomic E-state index is 11.3. The lowest BCUT2D eigenvalue weighted by Crippen LogP contribution is -2.71. The molecule has 0 spiro atoms. The zero-order valence-corrected chi connectivity index (χ0v) is 10.6. The van der Waals surface area contributed by atoms with E-state index in [0.29, 0.717) is 0 Å². The Bertz CT molecular complexity index is 449. The van der Waals surface area contributed by atoms with E-state index < -0.39 is 52.9 Å². The van der Waals surface area contributed by atoms with Gasteiger partial charge in [0.25, 0.3) is 0 Å². The van der Waals surface area contributed by atoms with Gasteiger partial charge in [-0.25, -0.2) is 4.18 Å². The van der Waals surface area contributed by atoms with Gasteiger partial charge in [-0.05, 0) is 0 Å². The van der Waals surface area contributed by atoms with Crippen LogP contribution in [0.5, 0.6) is 0 Å². The second kappa shape index (κ2) is 5.38. The van der Waals surface area contributed by atoms with Gasteiger partial charge in [-0.15, -0.1) is 0 Å². The van der Waals surface area contributed by atoms with Gasteiger partial charge in [0, 0.05) is 6.92 Å². The largest absolute Gasteiger partial charge is 0.397 e. The van der Waals surface area contributed by atoms with Crippen LogP contribution in [0.25, 0.3) is 0 Å². The minimum Gasteiger partial charge on any atom is -0.394 e. The predicted molar refractivity (Wildman–Crippen MR) is 58.0 cm³/mol. The third-order valence-corrected chi connectivity index (χ3v) is 3.24. The Morgan fingerprint density at radius 1 is 1.53 bits per heavy atom. The molecule has 0 aromatic carbocycles. The molecule has 1 heterocycles. The van der Waals surface area contributed by atoms with Crippen molar-refractivity contribution in [3.05, 3.63) is 0 Å². The Labute approximate surface area is 108 Å². The molecule has 0 bridgehead atoms. The van der Waals surface area contributed by atoms with Crippen LogP contribution in [0.15, 0.2) is 0 Å². The molecule has 0 unspecified atom stereocenters. The first kappa shape index (κ1) is 16.4. The SMILES string of the molecule is CC(=O)[C@@]1(O)O[C@H](CO)[C@H](OS(=O)(=O)O)[C@H](O)[C@H]1N. The summed E-state index contributed by atoms with van der Waals surface area (Å²) in [6.45, 7) is 0.0462. The van der Waals surface area contributed by atoms with Crippen LogP contribution < -0.4 is 5.73 Å². The number of Topliss-reactive ketones (excluding diaryl/α,β-unsaturated/α-hetero) is 1. The minimum atomic E-state index is -4.95. The van der Waals surface area contributed by atoms with Gasteiger partial charge in [-0.3, -0.25) is 9.35 Å². The molecule has 10 nitrogen and oxygen atoms in total. The van der Waals surface area contributed by atoms with Crippen LogP contribution in [0, 0.1) is 0 Å². The van der Waals surface area contributed by atoms with E-state index in [1.54, 1.807) is 0 Å². The van der Waals surface area contributed by atoms with Crippen molar-refractivity contribution in [2.45, 2.75) is 37.1 Å². The molecule has 5 atom stereocenters. The predicted octanol–water partition coefficient (Wildman–Crippen LogP) is -3.47. The zero-order chi connectivity index (χ0) is 15.0. The molecule has 1 aliphatic rings. The molecule has 0 saturated carbocycles. The highest BCUT2D eigenvalue weighted by molar-refractivity contribution is 7.80. The molecule has 0 amide bonds. The number of aliphatic hydroxyl groups is 3. The number of nitrogens with two attached hydrogens (primary N) is 1. The molecular weight excluding hydrogens is 286 g/mol. The van der Waals surface area contributed by atoms with Gasteiger partial charge in [0.15, 0.2) is 5.78 Å². The van der Waals surface area contributed by atoms with Crippen LogP contribution in [0.2, 0.25) is 0 Å². The van der Waals surface area contributed by atoms with Gasteiger partial charge in [0.05, 0.1) is 12.6 Å². The first-order valence-electron chi connectivity index (χ1n) is 5.14. The molecule has 0 aliphatic carbocycles. The lowest BCUT2D eigenvalue weighted by molar-refractivity contribution is -0.293. The molecule has 1 saturated heterocycles. The fraction of sp³-hybridized carbons (Fsp3) is 0.875. The average Bonchev–Trinajstić information content (AvgIpc) is 2.28. The lowest BCUT2D eigenvalue weighted by Gasteiger charge is -2.45. The molecule has 112 valence electrons. The summed E-state index contributed by atoms with van der Waals surface area (Å²) in [5, 5.41) is 28.6. The number of hydrogen-bond acceptors (Lipinski definition) is 9. The molecule has 0 aromatic heterocycles. The van der Waals surface area contributed by atoms with E-state index in [4.69, 9.17) is 20.1 Å². The normalized spacial score (nSPS) is 40.1.